The van der Waals surface area contributed by atoms with E-state index in [1.54, 1.807) is 17.0 Å². The minimum absolute atomic E-state index is 0.0655. The molecule has 4 aromatic carbocycles. The molecule has 4 rings (SSSR count). The first kappa shape index (κ1) is 26.1. The summed E-state index contributed by atoms with van der Waals surface area (Å²) in [6, 6.07) is 29.3. The third-order valence-electron chi connectivity index (χ3n) is 6.46. The van der Waals surface area contributed by atoms with E-state index in [4.69, 9.17) is 0 Å². The highest BCUT2D eigenvalue weighted by Crippen LogP contribution is 2.22. The summed E-state index contributed by atoms with van der Waals surface area (Å²) < 4.78 is 13.6. The van der Waals surface area contributed by atoms with E-state index in [1.165, 1.54) is 12.1 Å². The van der Waals surface area contributed by atoms with Crippen LogP contribution < -0.4 is 5.32 Å². The lowest BCUT2D eigenvalue weighted by atomic mass is 9.99. The SMILES string of the molecule is CC(C)NC(=O)[C@H](Cc1ccccc1)N(Cc1ccc(F)cc1)C(=O)CCc1cccc2ccccc12. The van der Waals surface area contributed by atoms with Gasteiger partial charge in [-0.3, -0.25) is 9.59 Å². The van der Waals surface area contributed by atoms with Gasteiger partial charge in [-0.05, 0) is 59.9 Å². The minimum Gasteiger partial charge on any atom is -0.352 e. The first-order valence-corrected chi connectivity index (χ1v) is 12.8. The van der Waals surface area contributed by atoms with E-state index < -0.39 is 6.04 Å². The van der Waals surface area contributed by atoms with Crippen LogP contribution in [0, 0.1) is 5.82 Å². The van der Waals surface area contributed by atoms with Gasteiger partial charge in [-0.25, -0.2) is 4.39 Å². The van der Waals surface area contributed by atoms with Gasteiger partial charge in [-0.1, -0.05) is 84.9 Å². The number of amides is 2. The number of benzene rings is 4. The van der Waals surface area contributed by atoms with Crippen molar-refractivity contribution in [3.8, 4) is 0 Å². The normalized spacial score (nSPS) is 11.9. The molecule has 4 nitrogen and oxygen atoms in total. The van der Waals surface area contributed by atoms with Crippen LogP contribution in [0.15, 0.2) is 97.1 Å². The summed E-state index contributed by atoms with van der Waals surface area (Å²) in [5, 5.41) is 5.26. The summed E-state index contributed by atoms with van der Waals surface area (Å²) >= 11 is 0. The van der Waals surface area contributed by atoms with Crippen LogP contribution in [0.1, 0.15) is 37.0 Å². The van der Waals surface area contributed by atoms with E-state index in [2.05, 4.69) is 23.5 Å². The minimum atomic E-state index is -0.699. The maximum absolute atomic E-state index is 13.8. The quantitative estimate of drug-likeness (QED) is 0.289. The molecule has 1 N–H and O–H groups in total. The molecule has 2 amide bonds. The maximum Gasteiger partial charge on any atom is 0.243 e. The fourth-order valence-corrected chi connectivity index (χ4v) is 4.62. The highest BCUT2D eigenvalue weighted by molar-refractivity contribution is 5.89. The summed E-state index contributed by atoms with van der Waals surface area (Å²) in [7, 11) is 0. The van der Waals surface area contributed by atoms with Crippen LogP contribution >= 0.6 is 0 Å². The molecule has 0 spiro atoms. The number of hydrogen-bond donors (Lipinski definition) is 1. The summed E-state index contributed by atoms with van der Waals surface area (Å²) in [4.78, 5) is 28.9. The van der Waals surface area contributed by atoms with Gasteiger partial charge >= 0.3 is 0 Å². The summed E-state index contributed by atoms with van der Waals surface area (Å²) in [5.74, 6) is -0.646. The third kappa shape index (κ3) is 7.04. The maximum atomic E-state index is 13.8. The molecule has 1 atom stereocenters. The Labute approximate surface area is 218 Å². The number of carbonyl (C=O) groups is 2. The Morgan fingerprint density at radius 2 is 1.49 bits per heavy atom. The number of nitrogens with one attached hydrogen (secondary N) is 1. The standard InChI is InChI=1S/C32H33FN2O2/c1-23(2)34-32(37)30(21-24-9-4-3-5-10-24)35(22-25-15-18-28(33)19-16-25)31(36)20-17-27-13-8-12-26-11-6-7-14-29(26)27/h3-16,18-19,23,30H,17,20-22H2,1-2H3,(H,34,37)/t30-/m0/s1. The molecule has 0 radical (unpaired) electrons. The molecule has 0 aliphatic heterocycles. The second-order valence-corrected chi connectivity index (χ2v) is 9.66. The first-order chi connectivity index (χ1) is 17.9. The van der Waals surface area contributed by atoms with E-state index in [-0.39, 0.29) is 36.6 Å². The van der Waals surface area contributed by atoms with Crippen LogP contribution in [0.3, 0.4) is 0 Å². The van der Waals surface area contributed by atoms with E-state index in [0.29, 0.717) is 12.8 Å². The molecule has 37 heavy (non-hydrogen) atoms. The van der Waals surface area contributed by atoms with E-state index >= 15 is 0 Å². The Morgan fingerprint density at radius 3 is 2.22 bits per heavy atom. The molecule has 190 valence electrons. The zero-order valence-electron chi connectivity index (χ0n) is 21.4. The Morgan fingerprint density at radius 1 is 0.811 bits per heavy atom. The second-order valence-electron chi connectivity index (χ2n) is 9.66. The number of rotatable bonds is 10. The predicted molar refractivity (Wildman–Crippen MR) is 146 cm³/mol. The third-order valence-corrected chi connectivity index (χ3v) is 6.46. The van der Waals surface area contributed by atoms with Gasteiger partial charge in [0.05, 0.1) is 0 Å². The van der Waals surface area contributed by atoms with Gasteiger partial charge in [0, 0.05) is 25.4 Å². The van der Waals surface area contributed by atoms with Crippen LogP contribution in [-0.2, 0) is 29.0 Å². The molecule has 0 saturated heterocycles. The van der Waals surface area contributed by atoms with E-state index in [9.17, 15) is 14.0 Å². The average Bonchev–Trinajstić information content (AvgIpc) is 2.90. The smallest absolute Gasteiger partial charge is 0.243 e. The Bertz CT molecular complexity index is 1330. The summed E-state index contributed by atoms with van der Waals surface area (Å²) in [5.41, 5.74) is 2.84. The van der Waals surface area contributed by atoms with Crippen LogP contribution in [0.4, 0.5) is 4.39 Å². The van der Waals surface area contributed by atoms with Gasteiger partial charge < -0.3 is 10.2 Å². The van der Waals surface area contributed by atoms with E-state index in [0.717, 1.165) is 27.5 Å². The Hall–Kier alpha value is -3.99. The van der Waals surface area contributed by atoms with Crippen molar-refractivity contribution in [1.29, 1.82) is 0 Å². The fourth-order valence-electron chi connectivity index (χ4n) is 4.62. The van der Waals surface area contributed by atoms with Crippen LogP contribution in [-0.4, -0.2) is 28.8 Å². The highest BCUT2D eigenvalue weighted by Gasteiger charge is 2.30. The molecule has 0 saturated carbocycles. The fraction of sp³-hybridized carbons (Fsp3) is 0.250. The Balaban J connectivity index is 1.64. The van der Waals surface area contributed by atoms with Crippen molar-refractivity contribution >= 4 is 22.6 Å². The first-order valence-electron chi connectivity index (χ1n) is 12.8. The number of carbonyl (C=O) groups excluding carboxylic acids is 2. The van der Waals surface area contributed by atoms with Crippen molar-refractivity contribution in [2.24, 2.45) is 0 Å². The summed E-state index contributed by atoms with van der Waals surface area (Å²) in [6.07, 6.45) is 1.21. The molecule has 4 aromatic rings. The molecule has 0 aromatic heterocycles. The van der Waals surface area contributed by atoms with E-state index in [1.807, 2.05) is 68.4 Å². The average molecular weight is 497 g/mol. The second kappa shape index (κ2) is 12.3. The van der Waals surface area contributed by atoms with Crippen molar-refractivity contribution in [3.63, 3.8) is 0 Å². The largest absolute Gasteiger partial charge is 0.352 e. The number of hydrogen-bond acceptors (Lipinski definition) is 2. The van der Waals surface area contributed by atoms with Gasteiger partial charge in [-0.15, -0.1) is 0 Å². The topological polar surface area (TPSA) is 49.4 Å². The van der Waals surface area contributed by atoms with Gasteiger partial charge in [0.1, 0.15) is 11.9 Å². The Kier molecular flexibility index (Phi) is 8.68. The van der Waals surface area contributed by atoms with Crippen LogP contribution in [0.25, 0.3) is 10.8 Å². The van der Waals surface area contributed by atoms with Gasteiger partial charge in [0.15, 0.2) is 0 Å². The zero-order chi connectivity index (χ0) is 26.2. The lowest BCUT2D eigenvalue weighted by Crippen LogP contribution is -2.51. The van der Waals surface area contributed by atoms with Crippen molar-refractivity contribution in [2.45, 2.75) is 51.7 Å². The predicted octanol–water partition coefficient (Wildman–Crippen LogP) is 6.08. The van der Waals surface area contributed by atoms with Crippen molar-refractivity contribution in [3.05, 3.63) is 120 Å². The molecule has 0 unspecified atom stereocenters. The molecule has 0 aliphatic carbocycles. The van der Waals surface area contributed by atoms with Crippen LogP contribution in [0.5, 0.6) is 0 Å². The highest BCUT2D eigenvalue weighted by atomic mass is 19.1. The van der Waals surface area contributed by atoms with Gasteiger partial charge in [0.25, 0.3) is 0 Å². The number of halogens is 1. The molecule has 0 bridgehead atoms. The lowest BCUT2D eigenvalue weighted by Gasteiger charge is -2.32. The molecule has 0 fully saturated rings. The van der Waals surface area contributed by atoms with Crippen molar-refractivity contribution < 1.29 is 14.0 Å². The molecule has 0 aliphatic rings. The van der Waals surface area contributed by atoms with Gasteiger partial charge in [0.2, 0.25) is 11.8 Å². The summed E-state index contributed by atoms with van der Waals surface area (Å²) in [6.45, 7) is 4.03. The van der Waals surface area contributed by atoms with Crippen molar-refractivity contribution in [2.75, 3.05) is 0 Å². The molecular weight excluding hydrogens is 463 g/mol. The van der Waals surface area contributed by atoms with Crippen molar-refractivity contribution in [1.82, 2.24) is 10.2 Å². The molecule has 0 heterocycles. The number of fused-ring (bicyclic) bond motifs is 1. The number of aryl methyl sites for hydroxylation is 1. The van der Waals surface area contributed by atoms with Gasteiger partial charge in [-0.2, -0.15) is 0 Å². The monoisotopic (exact) mass is 496 g/mol. The molecular formula is C32H33FN2O2. The zero-order valence-corrected chi connectivity index (χ0v) is 21.4. The molecule has 5 heteroatoms. The van der Waals surface area contributed by atoms with Crippen LogP contribution in [0.2, 0.25) is 0 Å². The lowest BCUT2D eigenvalue weighted by molar-refractivity contribution is -0.141. The number of nitrogens with zero attached hydrogens (tertiary/aromatic N) is 1.